The summed E-state index contributed by atoms with van der Waals surface area (Å²) in [6.45, 7) is 3.95. The molecule has 114 valence electrons. The number of rotatable bonds is 6. The lowest BCUT2D eigenvalue weighted by molar-refractivity contribution is 0.368. The molecule has 0 radical (unpaired) electrons. The quantitative estimate of drug-likeness (QED) is 0.807. The second-order valence-electron chi connectivity index (χ2n) is 4.91. The van der Waals surface area contributed by atoms with Crippen LogP contribution in [0, 0.1) is 0 Å². The van der Waals surface area contributed by atoms with Crippen molar-refractivity contribution in [2.75, 3.05) is 7.05 Å². The number of sulfonamides is 1. The van der Waals surface area contributed by atoms with Crippen molar-refractivity contribution < 1.29 is 8.42 Å². The molecule has 0 spiro atoms. The molecule has 1 atom stereocenters. The van der Waals surface area contributed by atoms with Crippen LogP contribution >= 0.6 is 0 Å². The normalized spacial score (nSPS) is 13.5. The van der Waals surface area contributed by atoms with Crippen molar-refractivity contribution in [3.8, 4) is 5.69 Å². The number of hydrogen-bond donors (Lipinski definition) is 0. The van der Waals surface area contributed by atoms with E-state index in [1.54, 1.807) is 31.3 Å². The third-order valence-electron chi connectivity index (χ3n) is 3.44. The Hall–Kier alpha value is -1.80. The average molecular weight is 309 g/mol. The minimum atomic E-state index is -3.52. The summed E-state index contributed by atoms with van der Waals surface area (Å²) < 4.78 is 28.1. The van der Waals surface area contributed by atoms with Crippen LogP contribution < -0.4 is 0 Å². The molecule has 0 aliphatic heterocycles. The predicted octanol–water partition coefficient (Wildman–Crippen LogP) is 1.47. The zero-order valence-electron chi connectivity index (χ0n) is 12.3. The van der Waals surface area contributed by atoms with Gasteiger partial charge >= 0.3 is 0 Å². The van der Waals surface area contributed by atoms with Crippen molar-refractivity contribution in [2.24, 2.45) is 0 Å². The molecule has 7 nitrogen and oxygen atoms in total. The van der Waals surface area contributed by atoms with E-state index in [0.717, 1.165) is 12.8 Å². The molecular weight excluding hydrogens is 290 g/mol. The number of aromatic nitrogens is 4. The Balaban J connectivity index is 2.35. The van der Waals surface area contributed by atoms with Crippen molar-refractivity contribution in [3.05, 3.63) is 30.6 Å². The third-order valence-corrected chi connectivity index (χ3v) is 5.40. The minimum Gasteiger partial charge on any atom is -0.207 e. The Morgan fingerprint density at radius 2 is 2.14 bits per heavy atom. The van der Waals surface area contributed by atoms with Crippen LogP contribution in [0.3, 0.4) is 0 Å². The monoisotopic (exact) mass is 309 g/mol. The van der Waals surface area contributed by atoms with Gasteiger partial charge in [0, 0.05) is 13.1 Å². The van der Waals surface area contributed by atoms with E-state index in [0.29, 0.717) is 5.69 Å². The van der Waals surface area contributed by atoms with Gasteiger partial charge in [0.2, 0.25) is 10.0 Å². The van der Waals surface area contributed by atoms with E-state index < -0.39 is 10.0 Å². The zero-order chi connectivity index (χ0) is 15.5. The van der Waals surface area contributed by atoms with E-state index in [1.807, 2.05) is 13.8 Å². The first-order valence-corrected chi connectivity index (χ1v) is 8.22. The average Bonchev–Trinajstić information content (AvgIpc) is 3.01. The van der Waals surface area contributed by atoms with Crippen molar-refractivity contribution in [1.82, 2.24) is 24.5 Å². The van der Waals surface area contributed by atoms with Gasteiger partial charge in [-0.05, 0) is 42.0 Å². The summed E-state index contributed by atoms with van der Waals surface area (Å²) in [5.74, 6) is 0. The van der Waals surface area contributed by atoms with Gasteiger partial charge in [0.15, 0.2) is 0 Å². The second-order valence-corrected chi connectivity index (χ2v) is 6.91. The highest BCUT2D eigenvalue weighted by Gasteiger charge is 2.25. The first kappa shape index (κ1) is 15.6. The van der Waals surface area contributed by atoms with Gasteiger partial charge < -0.3 is 0 Å². The Morgan fingerprint density at radius 3 is 2.76 bits per heavy atom. The van der Waals surface area contributed by atoms with Crippen molar-refractivity contribution in [1.29, 1.82) is 0 Å². The van der Waals surface area contributed by atoms with E-state index in [9.17, 15) is 8.42 Å². The molecule has 0 saturated heterocycles. The number of benzene rings is 1. The Bertz CT molecular complexity index is 684. The van der Waals surface area contributed by atoms with Gasteiger partial charge in [0.1, 0.15) is 6.33 Å². The summed E-state index contributed by atoms with van der Waals surface area (Å²) in [4.78, 5) is 0.237. The molecule has 0 amide bonds. The molecule has 0 N–H and O–H groups in total. The Labute approximate surface area is 124 Å². The fourth-order valence-electron chi connectivity index (χ4n) is 2.07. The smallest absolute Gasteiger partial charge is 0.207 e. The molecular formula is C13H19N5O2S. The van der Waals surface area contributed by atoms with Crippen molar-refractivity contribution >= 4 is 10.0 Å². The van der Waals surface area contributed by atoms with Crippen molar-refractivity contribution in [2.45, 2.75) is 37.6 Å². The van der Waals surface area contributed by atoms with Crippen LogP contribution in [0.15, 0.2) is 35.5 Å². The predicted molar refractivity (Wildman–Crippen MR) is 78.5 cm³/mol. The van der Waals surface area contributed by atoms with Gasteiger partial charge in [-0.25, -0.2) is 13.1 Å². The van der Waals surface area contributed by atoms with Gasteiger partial charge in [-0.2, -0.15) is 4.31 Å². The molecule has 0 aliphatic carbocycles. The summed E-state index contributed by atoms with van der Waals surface area (Å²) in [6.07, 6.45) is 3.18. The fraction of sp³-hybridized carbons (Fsp3) is 0.462. The van der Waals surface area contributed by atoms with Gasteiger partial charge in [-0.1, -0.05) is 19.4 Å². The van der Waals surface area contributed by atoms with E-state index in [4.69, 9.17) is 0 Å². The number of hydrogen-bond acceptors (Lipinski definition) is 5. The topological polar surface area (TPSA) is 81.0 Å². The summed E-state index contributed by atoms with van der Waals surface area (Å²) in [5, 5.41) is 10.9. The summed E-state index contributed by atoms with van der Waals surface area (Å²) >= 11 is 0. The zero-order valence-corrected chi connectivity index (χ0v) is 13.2. The lowest BCUT2D eigenvalue weighted by Gasteiger charge is -2.24. The molecule has 0 fully saturated rings. The maximum Gasteiger partial charge on any atom is 0.243 e. The molecule has 8 heteroatoms. The molecule has 1 aromatic heterocycles. The van der Waals surface area contributed by atoms with E-state index in [-0.39, 0.29) is 10.9 Å². The van der Waals surface area contributed by atoms with Crippen LogP contribution in [0.2, 0.25) is 0 Å². The Kier molecular flexibility index (Phi) is 4.69. The molecule has 0 aliphatic rings. The van der Waals surface area contributed by atoms with Gasteiger partial charge in [0.25, 0.3) is 0 Å². The molecule has 21 heavy (non-hydrogen) atoms. The highest BCUT2D eigenvalue weighted by molar-refractivity contribution is 7.89. The maximum absolute atomic E-state index is 12.6. The fourth-order valence-corrected chi connectivity index (χ4v) is 3.50. The SMILES string of the molecule is CCC[C@@H](C)N(C)S(=O)(=O)c1cccc(-n2cnnn2)c1. The van der Waals surface area contributed by atoms with E-state index in [2.05, 4.69) is 15.5 Å². The van der Waals surface area contributed by atoms with Crippen LogP contribution in [-0.4, -0.2) is 46.0 Å². The van der Waals surface area contributed by atoms with Gasteiger partial charge in [-0.3, -0.25) is 0 Å². The molecule has 0 bridgehead atoms. The van der Waals surface area contributed by atoms with Crippen LogP contribution in [0.5, 0.6) is 0 Å². The lowest BCUT2D eigenvalue weighted by atomic mass is 10.2. The highest BCUT2D eigenvalue weighted by Crippen LogP contribution is 2.20. The minimum absolute atomic E-state index is 0.0447. The lowest BCUT2D eigenvalue weighted by Crippen LogP contribution is -2.35. The summed E-state index contributed by atoms with van der Waals surface area (Å²) in [5.41, 5.74) is 0.609. The third kappa shape index (κ3) is 3.27. The molecule has 0 unspecified atom stereocenters. The van der Waals surface area contributed by atoms with Gasteiger partial charge in [0.05, 0.1) is 10.6 Å². The van der Waals surface area contributed by atoms with Crippen LogP contribution in [0.25, 0.3) is 5.69 Å². The van der Waals surface area contributed by atoms with Crippen LogP contribution in [-0.2, 0) is 10.0 Å². The van der Waals surface area contributed by atoms with E-state index in [1.165, 1.54) is 15.3 Å². The second kappa shape index (κ2) is 6.31. The number of tetrazole rings is 1. The molecule has 2 aromatic rings. The Morgan fingerprint density at radius 1 is 1.38 bits per heavy atom. The van der Waals surface area contributed by atoms with Gasteiger partial charge in [-0.15, -0.1) is 5.10 Å². The first-order chi connectivity index (χ1) is 9.96. The highest BCUT2D eigenvalue weighted by atomic mass is 32.2. The molecule has 0 saturated carbocycles. The van der Waals surface area contributed by atoms with Crippen molar-refractivity contribution in [3.63, 3.8) is 0 Å². The van der Waals surface area contributed by atoms with E-state index >= 15 is 0 Å². The molecule has 2 rings (SSSR count). The summed E-state index contributed by atoms with van der Waals surface area (Å²) in [6, 6.07) is 6.54. The molecule has 1 aromatic carbocycles. The standard InChI is InChI=1S/C13H19N5O2S/c1-4-6-11(2)17(3)21(19,20)13-8-5-7-12(9-13)18-10-14-15-16-18/h5,7-11H,4,6H2,1-3H3/t11-/m1/s1. The molecule has 1 heterocycles. The van der Waals surface area contributed by atoms with Crippen LogP contribution in [0.1, 0.15) is 26.7 Å². The largest absolute Gasteiger partial charge is 0.243 e. The number of nitrogens with zero attached hydrogens (tertiary/aromatic N) is 5. The maximum atomic E-state index is 12.6. The summed E-state index contributed by atoms with van der Waals surface area (Å²) in [7, 11) is -1.91. The first-order valence-electron chi connectivity index (χ1n) is 6.78. The van der Waals surface area contributed by atoms with Crippen LogP contribution in [0.4, 0.5) is 0 Å².